The summed E-state index contributed by atoms with van der Waals surface area (Å²) in [5.74, 6) is -0.896. The van der Waals surface area contributed by atoms with Gasteiger partial charge in [-0.05, 0) is 29.8 Å². The number of imide groups is 1. The third-order valence-corrected chi connectivity index (χ3v) is 4.73. The molecular weight excluding hydrogens is 360 g/mol. The highest BCUT2D eigenvalue weighted by Gasteiger charge is 2.49. The number of carbonyl (C=O) groups is 2. The number of fused-ring (bicyclic) bond motifs is 1. The van der Waals surface area contributed by atoms with Crippen molar-refractivity contribution in [2.24, 2.45) is 0 Å². The fourth-order valence-electron chi connectivity index (χ4n) is 3.24. The van der Waals surface area contributed by atoms with Crippen LogP contribution in [0.1, 0.15) is 19.4 Å². The number of pyridine rings is 1. The number of ether oxygens (including phenoxy) is 2. The Morgan fingerprint density at radius 3 is 2.48 bits per heavy atom. The number of hydrogen-bond donors (Lipinski definition) is 1. The van der Waals surface area contributed by atoms with Gasteiger partial charge in [0.15, 0.2) is 11.5 Å². The molecule has 2 aliphatic heterocycles. The van der Waals surface area contributed by atoms with Gasteiger partial charge in [-0.15, -0.1) is 8.78 Å². The van der Waals surface area contributed by atoms with Gasteiger partial charge in [0, 0.05) is 23.9 Å². The van der Waals surface area contributed by atoms with Gasteiger partial charge in [-0.1, -0.05) is 13.8 Å². The molecule has 2 aromatic rings. The average Bonchev–Trinajstić information content (AvgIpc) is 3.09. The molecule has 1 aromatic heterocycles. The van der Waals surface area contributed by atoms with Crippen LogP contribution in [0.15, 0.2) is 42.7 Å². The molecule has 0 saturated carbocycles. The Hall–Kier alpha value is -3.23. The fraction of sp³-hybridized carbons (Fsp3) is 0.278. The van der Waals surface area contributed by atoms with Crippen molar-refractivity contribution < 1.29 is 27.8 Å². The Morgan fingerprint density at radius 2 is 1.78 bits per heavy atom. The van der Waals surface area contributed by atoms with E-state index in [-0.39, 0.29) is 17.2 Å². The standard InChI is InChI=1S/C18H15F2N3O4/c1-17(2,10-5-7-21-8-6-10)14-15(24)23(16(25)22-14)11-3-4-12-13(9-11)27-18(19,20)26-12/h3-9,14H,1-2H3,(H,22,25). The van der Waals surface area contributed by atoms with Gasteiger partial charge in [-0.25, -0.2) is 9.69 Å². The molecule has 1 N–H and O–H groups in total. The first-order chi connectivity index (χ1) is 12.7. The number of amides is 3. The summed E-state index contributed by atoms with van der Waals surface area (Å²) in [6.45, 7) is 3.66. The van der Waals surface area contributed by atoms with Gasteiger partial charge in [0.1, 0.15) is 6.04 Å². The third kappa shape index (κ3) is 2.75. The summed E-state index contributed by atoms with van der Waals surface area (Å²) >= 11 is 0. The first-order valence-corrected chi connectivity index (χ1v) is 8.14. The van der Waals surface area contributed by atoms with E-state index in [0.29, 0.717) is 0 Å². The quantitative estimate of drug-likeness (QED) is 0.835. The summed E-state index contributed by atoms with van der Waals surface area (Å²) in [4.78, 5) is 30.3. The second kappa shape index (κ2) is 5.63. The minimum atomic E-state index is -3.77. The van der Waals surface area contributed by atoms with E-state index < -0.39 is 29.7 Å². The Labute approximate surface area is 152 Å². The van der Waals surface area contributed by atoms with Crippen molar-refractivity contribution in [2.45, 2.75) is 31.6 Å². The first kappa shape index (κ1) is 17.2. The second-order valence-corrected chi connectivity index (χ2v) is 6.81. The molecular formula is C18H15F2N3O4. The summed E-state index contributed by atoms with van der Waals surface area (Å²) in [6.07, 6.45) is -0.563. The molecule has 2 aliphatic rings. The molecule has 0 radical (unpaired) electrons. The first-order valence-electron chi connectivity index (χ1n) is 8.14. The summed E-state index contributed by atoms with van der Waals surface area (Å²) in [5, 5.41) is 2.67. The number of benzene rings is 1. The second-order valence-electron chi connectivity index (χ2n) is 6.81. The molecule has 0 spiro atoms. The maximum atomic E-state index is 13.2. The lowest BCUT2D eigenvalue weighted by molar-refractivity contribution is -0.286. The maximum Gasteiger partial charge on any atom is 0.586 e. The summed E-state index contributed by atoms with van der Waals surface area (Å²) < 4.78 is 35.1. The van der Waals surface area contributed by atoms with Crippen LogP contribution in [0, 0.1) is 0 Å². The van der Waals surface area contributed by atoms with Gasteiger partial charge in [-0.2, -0.15) is 0 Å². The highest BCUT2D eigenvalue weighted by molar-refractivity contribution is 6.22. The van der Waals surface area contributed by atoms with E-state index in [9.17, 15) is 18.4 Å². The molecule has 1 saturated heterocycles. The van der Waals surface area contributed by atoms with E-state index in [1.165, 1.54) is 18.2 Å². The number of hydrogen-bond acceptors (Lipinski definition) is 5. The number of urea groups is 1. The zero-order chi connectivity index (χ0) is 19.4. The van der Waals surface area contributed by atoms with Gasteiger partial charge in [0.25, 0.3) is 5.91 Å². The van der Waals surface area contributed by atoms with Crippen LogP contribution in [0.5, 0.6) is 11.5 Å². The van der Waals surface area contributed by atoms with Crippen LogP contribution in [0.3, 0.4) is 0 Å². The van der Waals surface area contributed by atoms with E-state index in [1.807, 2.05) is 13.8 Å². The van der Waals surface area contributed by atoms with E-state index in [1.54, 1.807) is 24.5 Å². The Bertz CT molecular complexity index is 933. The largest absolute Gasteiger partial charge is 0.586 e. The molecule has 4 rings (SSSR count). The lowest BCUT2D eigenvalue weighted by Gasteiger charge is -2.30. The lowest BCUT2D eigenvalue weighted by atomic mass is 9.78. The average molecular weight is 375 g/mol. The number of anilines is 1. The lowest BCUT2D eigenvalue weighted by Crippen LogP contribution is -2.46. The van der Waals surface area contributed by atoms with E-state index in [2.05, 4.69) is 19.8 Å². The maximum absolute atomic E-state index is 13.2. The van der Waals surface area contributed by atoms with E-state index in [4.69, 9.17) is 0 Å². The molecule has 3 amide bonds. The van der Waals surface area contributed by atoms with Crippen molar-refractivity contribution in [2.75, 3.05) is 4.90 Å². The molecule has 9 heteroatoms. The Balaban J connectivity index is 1.65. The van der Waals surface area contributed by atoms with Gasteiger partial charge in [0.2, 0.25) is 0 Å². The zero-order valence-electron chi connectivity index (χ0n) is 14.4. The van der Waals surface area contributed by atoms with E-state index >= 15 is 0 Å². The fourth-order valence-corrected chi connectivity index (χ4v) is 3.24. The van der Waals surface area contributed by atoms with Crippen molar-refractivity contribution in [1.82, 2.24) is 10.3 Å². The predicted molar refractivity (Wildman–Crippen MR) is 89.7 cm³/mol. The number of alkyl halides is 2. The molecule has 1 fully saturated rings. The van der Waals surface area contributed by atoms with Gasteiger partial charge in [0.05, 0.1) is 5.69 Å². The SMILES string of the molecule is CC(C)(c1ccncc1)C1NC(=O)N(c2ccc3c(c2)OC(F)(F)O3)C1=O. The summed E-state index contributed by atoms with van der Waals surface area (Å²) in [6, 6.07) is 5.82. The highest BCUT2D eigenvalue weighted by atomic mass is 19.3. The topological polar surface area (TPSA) is 80.8 Å². The monoisotopic (exact) mass is 375 g/mol. The van der Waals surface area contributed by atoms with Crippen LogP contribution in [-0.4, -0.2) is 29.3 Å². The van der Waals surface area contributed by atoms with E-state index in [0.717, 1.165) is 10.5 Å². The van der Waals surface area contributed by atoms with Crippen molar-refractivity contribution in [3.63, 3.8) is 0 Å². The molecule has 0 bridgehead atoms. The zero-order valence-corrected chi connectivity index (χ0v) is 14.4. The summed E-state index contributed by atoms with van der Waals surface area (Å²) in [7, 11) is 0. The Morgan fingerprint density at radius 1 is 1.11 bits per heavy atom. The molecule has 3 heterocycles. The van der Waals surface area contributed by atoms with Crippen molar-refractivity contribution >= 4 is 17.6 Å². The number of halogens is 2. The number of rotatable bonds is 3. The molecule has 27 heavy (non-hydrogen) atoms. The molecule has 7 nitrogen and oxygen atoms in total. The van der Waals surface area contributed by atoms with Gasteiger partial charge >= 0.3 is 12.3 Å². The van der Waals surface area contributed by atoms with Gasteiger partial charge < -0.3 is 14.8 Å². The Kier molecular flexibility index (Phi) is 3.59. The smallest absolute Gasteiger partial charge is 0.395 e. The predicted octanol–water partition coefficient (Wildman–Crippen LogP) is 2.81. The molecule has 1 aromatic carbocycles. The van der Waals surface area contributed by atoms with Crippen LogP contribution >= 0.6 is 0 Å². The molecule has 0 aliphatic carbocycles. The van der Waals surface area contributed by atoms with Gasteiger partial charge in [-0.3, -0.25) is 9.78 Å². The molecule has 1 unspecified atom stereocenters. The van der Waals surface area contributed by atoms with Crippen molar-refractivity contribution in [1.29, 1.82) is 0 Å². The van der Waals surface area contributed by atoms with Crippen LogP contribution in [0.25, 0.3) is 0 Å². The third-order valence-electron chi connectivity index (χ3n) is 4.73. The summed E-state index contributed by atoms with van der Waals surface area (Å²) in [5.41, 5.74) is 0.224. The molecule has 140 valence electrons. The van der Waals surface area contributed by atoms with Crippen molar-refractivity contribution in [3.05, 3.63) is 48.3 Å². The molecule has 1 atom stereocenters. The minimum Gasteiger partial charge on any atom is -0.395 e. The number of carbonyl (C=O) groups excluding carboxylic acids is 2. The van der Waals surface area contributed by atoms with Crippen molar-refractivity contribution in [3.8, 4) is 11.5 Å². The van der Waals surface area contributed by atoms with Crippen LogP contribution in [0.2, 0.25) is 0 Å². The van der Waals surface area contributed by atoms with Crippen LogP contribution < -0.4 is 19.7 Å². The van der Waals surface area contributed by atoms with Crippen LogP contribution in [-0.2, 0) is 10.2 Å². The highest BCUT2D eigenvalue weighted by Crippen LogP contribution is 2.43. The normalized spacial score (nSPS) is 20.7. The number of nitrogens with zero attached hydrogens (tertiary/aromatic N) is 2. The minimum absolute atomic E-state index is 0.116. The van der Waals surface area contributed by atoms with Crippen LogP contribution in [0.4, 0.5) is 19.3 Å². The number of nitrogens with one attached hydrogen (secondary N) is 1. The number of aromatic nitrogens is 1.